The molecule has 0 aliphatic carbocycles. The summed E-state index contributed by atoms with van der Waals surface area (Å²) < 4.78 is 10.5. The van der Waals surface area contributed by atoms with E-state index in [1.54, 1.807) is 21.1 Å². The van der Waals surface area contributed by atoms with Crippen molar-refractivity contribution in [1.82, 2.24) is 10.2 Å². The molecule has 0 radical (unpaired) electrons. The number of carbonyl (C=O) groups excluding carboxylic acids is 1. The van der Waals surface area contributed by atoms with E-state index in [9.17, 15) is 4.79 Å². The van der Waals surface area contributed by atoms with Crippen molar-refractivity contribution in [2.45, 2.75) is 13.0 Å². The molecule has 5 nitrogen and oxygen atoms in total. The van der Waals surface area contributed by atoms with Crippen LogP contribution in [-0.2, 0) is 4.79 Å². The van der Waals surface area contributed by atoms with Crippen LogP contribution in [0.3, 0.4) is 0 Å². The van der Waals surface area contributed by atoms with E-state index in [1.165, 1.54) is 0 Å². The third-order valence-electron chi connectivity index (χ3n) is 3.44. The number of ether oxygens (including phenoxy) is 2. The Morgan fingerprint density at radius 1 is 1.32 bits per heavy atom. The molecule has 104 valence electrons. The van der Waals surface area contributed by atoms with Gasteiger partial charge < -0.3 is 19.7 Å². The van der Waals surface area contributed by atoms with Crippen LogP contribution in [-0.4, -0.2) is 44.7 Å². The quantitative estimate of drug-likeness (QED) is 0.891. The highest BCUT2D eigenvalue weighted by molar-refractivity contribution is 5.74. The van der Waals surface area contributed by atoms with E-state index < -0.39 is 0 Å². The molecule has 1 atom stereocenters. The van der Waals surface area contributed by atoms with Crippen LogP contribution in [0.25, 0.3) is 0 Å². The first-order valence-electron chi connectivity index (χ1n) is 6.37. The lowest BCUT2D eigenvalue weighted by molar-refractivity contribution is -0.132. The number of benzene rings is 1. The SMILES string of the molecule is COc1ccc(C2CNCCN2C(C)=O)cc1OC. The van der Waals surface area contributed by atoms with Gasteiger partial charge in [0.15, 0.2) is 11.5 Å². The second-order valence-corrected chi connectivity index (χ2v) is 4.55. The van der Waals surface area contributed by atoms with Crippen LogP contribution in [0.5, 0.6) is 11.5 Å². The Morgan fingerprint density at radius 2 is 2.05 bits per heavy atom. The summed E-state index contributed by atoms with van der Waals surface area (Å²) in [4.78, 5) is 13.6. The van der Waals surface area contributed by atoms with E-state index in [0.717, 1.165) is 25.2 Å². The van der Waals surface area contributed by atoms with Crippen molar-refractivity contribution in [3.8, 4) is 11.5 Å². The van der Waals surface area contributed by atoms with Gasteiger partial charge in [0.2, 0.25) is 5.91 Å². The van der Waals surface area contributed by atoms with E-state index in [4.69, 9.17) is 9.47 Å². The van der Waals surface area contributed by atoms with Crippen LogP contribution < -0.4 is 14.8 Å². The molecule has 1 heterocycles. The van der Waals surface area contributed by atoms with Gasteiger partial charge in [-0.2, -0.15) is 0 Å². The van der Waals surface area contributed by atoms with Crippen LogP contribution in [0, 0.1) is 0 Å². The molecule has 1 amide bonds. The van der Waals surface area contributed by atoms with Gasteiger partial charge in [0.25, 0.3) is 0 Å². The summed E-state index contributed by atoms with van der Waals surface area (Å²) in [5, 5.41) is 3.32. The Bertz CT molecular complexity index is 462. The van der Waals surface area contributed by atoms with Crippen molar-refractivity contribution in [1.29, 1.82) is 0 Å². The van der Waals surface area contributed by atoms with E-state index in [1.807, 2.05) is 23.1 Å². The van der Waals surface area contributed by atoms with Gasteiger partial charge in [-0.3, -0.25) is 4.79 Å². The maximum Gasteiger partial charge on any atom is 0.220 e. The molecule has 1 aliphatic rings. The zero-order valence-electron chi connectivity index (χ0n) is 11.6. The highest BCUT2D eigenvalue weighted by Crippen LogP contribution is 2.32. The first-order chi connectivity index (χ1) is 9.17. The minimum atomic E-state index is 0.0473. The summed E-state index contributed by atoms with van der Waals surface area (Å²) >= 11 is 0. The molecule has 0 bridgehead atoms. The second-order valence-electron chi connectivity index (χ2n) is 4.55. The Balaban J connectivity index is 2.31. The molecule has 0 aromatic heterocycles. The van der Waals surface area contributed by atoms with Gasteiger partial charge in [0.05, 0.1) is 20.3 Å². The molecule has 1 fully saturated rings. The Hall–Kier alpha value is -1.75. The molecule has 1 saturated heterocycles. The predicted octanol–water partition coefficient (Wildman–Crippen LogP) is 1.20. The summed E-state index contributed by atoms with van der Waals surface area (Å²) in [5.74, 6) is 1.49. The average Bonchev–Trinajstić information content (AvgIpc) is 2.46. The maximum atomic E-state index is 11.7. The van der Waals surface area contributed by atoms with Gasteiger partial charge in [-0.25, -0.2) is 0 Å². The highest BCUT2D eigenvalue weighted by atomic mass is 16.5. The number of methoxy groups -OCH3 is 2. The molecule has 19 heavy (non-hydrogen) atoms. The first kappa shape index (κ1) is 13.7. The van der Waals surface area contributed by atoms with Crippen LogP contribution >= 0.6 is 0 Å². The molecule has 2 rings (SSSR count). The summed E-state index contributed by atoms with van der Waals surface area (Å²) in [6.45, 7) is 3.94. The lowest BCUT2D eigenvalue weighted by Crippen LogP contribution is -2.47. The first-order valence-corrected chi connectivity index (χ1v) is 6.37. The van der Waals surface area contributed by atoms with E-state index in [2.05, 4.69) is 5.32 Å². The van der Waals surface area contributed by atoms with Gasteiger partial charge in [-0.15, -0.1) is 0 Å². The number of hydrogen-bond acceptors (Lipinski definition) is 4. The molecule has 1 aliphatic heterocycles. The number of hydrogen-bond donors (Lipinski definition) is 1. The minimum Gasteiger partial charge on any atom is -0.493 e. The molecule has 1 N–H and O–H groups in total. The summed E-state index contributed by atoms with van der Waals surface area (Å²) in [5.41, 5.74) is 1.06. The largest absolute Gasteiger partial charge is 0.493 e. The number of piperazine rings is 1. The van der Waals surface area contributed by atoms with E-state index in [-0.39, 0.29) is 11.9 Å². The minimum absolute atomic E-state index is 0.0473. The second kappa shape index (κ2) is 5.93. The fourth-order valence-corrected chi connectivity index (χ4v) is 2.44. The smallest absolute Gasteiger partial charge is 0.220 e. The molecular formula is C14H20N2O3. The third kappa shape index (κ3) is 2.81. The monoisotopic (exact) mass is 264 g/mol. The van der Waals surface area contributed by atoms with Crippen LogP contribution in [0.1, 0.15) is 18.5 Å². The summed E-state index contributed by atoms with van der Waals surface area (Å²) in [7, 11) is 3.23. The lowest BCUT2D eigenvalue weighted by Gasteiger charge is -2.36. The fraction of sp³-hybridized carbons (Fsp3) is 0.500. The highest BCUT2D eigenvalue weighted by Gasteiger charge is 2.26. The van der Waals surface area contributed by atoms with Crippen molar-refractivity contribution in [3.05, 3.63) is 23.8 Å². The molecule has 0 spiro atoms. The number of rotatable bonds is 3. The van der Waals surface area contributed by atoms with E-state index >= 15 is 0 Å². The van der Waals surface area contributed by atoms with E-state index in [0.29, 0.717) is 11.5 Å². The molecule has 1 aromatic rings. The topological polar surface area (TPSA) is 50.8 Å². The number of nitrogens with one attached hydrogen (secondary N) is 1. The fourth-order valence-electron chi connectivity index (χ4n) is 2.44. The normalized spacial score (nSPS) is 19.1. The number of amides is 1. The summed E-state index contributed by atoms with van der Waals surface area (Å²) in [6, 6.07) is 5.84. The van der Waals surface area contributed by atoms with Crippen molar-refractivity contribution >= 4 is 5.91 Å². The van der Waals surface area contributed by atoms with Crippen LogP contribution in [0.2, 0.25) is 0 Å². The van der Waals surface area contributed by atoms with Gasteiger partial charge in [-0.05, 0) is 17.7 Å². The van der Waals surface area contributed by atoms with Crippen molar-refractivity contribution in [3.63, 3.8) is 0 Å². The van der Waals surface area contributed by atoms with Gasteiger partial charge in [0.1, 0.15) is 0 Å². The third-order valence-corrected chi connectivity index (χ3v) is 3.44. The maximum absolute atomic E-state index is 11.7. The Morgan fingerprint density at radius 3 is 2.68 bits per heavy atom. The molecular weight excluding hydrogens is 244 g/mol. The van der Waals surface area contributed by atoms with Crippen molar-refractivity contribution in [2.24, 2.45) is 0 Å². The van der Waals surface area contributed by atoms with Gasteiger partial charge >= 0.3 is 0 Å². The zero-order chi connectivity index (χ0) is 13.8. The van der Waals surface area contributed by atoms with Gasteiger partial charge in [0, 0.05) is 26.6 Å². The molecule has 1 aromatic carbocycles. The number of carbonyl (C=O) groups is 1. The van der Waals surface area contributed by atoms with Crippen LogP contribution in [0.4, 0.5) is 0 Å². The number of nitrogens with zero attached hydrogens (tertiary/aromatic N) is 1. The van der Waals surface area contributed by atoms with Crippen molar-refractivity contribution in [2.75, 3.05) is 33.9 Å². The summed E-state index contributed by atoms with van der Waals surface area (Å²) in [6.07, 6.45) is 0. The average molecular weight is 264 g/mol. The predicted molar refractivity (Wildman–Crippen MR) is 72.5 cm³/mol. The molecule has 1 unspecified atom stereocenters. The Kier molecular flexibility index (Phi) is 4.27. The van der Waals surface area contributed by atoms with Crippen LogP contribution in [0.15, 0.2) is 18.2 Å². The standard InChI is InChI=1S/C14H20N2O3/c1-10(17)16-7-6-15-9-12(16)11-4-5-13(18-2)14(8-11)19-3/h4-5,8,12,15H,6-7,9H2,1-3H3. The van der Waals surface area contributed by atoms with Crippen molar-refractivity contribution < 1.29 is 14.3 Å². The molecule has 5 heteroatoms. The Labute approximate surface area is 113 Å². The molecule has 0 saturated carbocycles. The van der Waals surface area contributed by atoms with Gasteiger partial charge in [-0.1, -0.05) is 6.07 Å². The lowest BCUT2D eigenvalue weighted by atomic mass is 10.0. The zero-order valence-corrected chi connectivity index (χ0v) is 11.6.